The van der Waals surface area contributed by atoms with Crippen LogP contribution < -0.4 is 0 Å². The van der Waals surface area contributed by atoms with Crippen molar-refractivity contribution in [1.82, 2.24) is 4.90 Å². The highest BCUT2D eigenvalue weighted by Gasteiger charge is 2.39. The SMILES string of the molecule is CC.CC(C)(C)OC1CN(C#N)C(C)(C)C1. The molecule has 0 aliphatic carbocycles. The lowest BCUT2D eigenvalue weighted by Gasteiger charge is -2.25. The zero-order valence-corrected chi connectivity index (χ0v) is 11.8. The van der Waals surface area contributed by atoms with E-state index in [1.165, 1.54) is 0 Å². The molecule has 0 radical (unpaired) electrons. The first-order valence-electron chi connectivity index (χ1n) is 6.10. The maximum absolute atomic E-state index is 8.94. The molecule has 1 aliphatic rings. The Morgan fingerprint density at radius 3 is 2.12 bits per heavy atom. The fourth-order valence-electron chi connectivity index (χ4n) is 1.94. The molecule has 1 aliphatic heterocycles. The van der Waals surface area contributed by atoms with Crippen LogP contribution in [0.4, 0.5) is 0 Å². The van der Waals surface area contributed by atoms with Crippen molar-refractivity contribution < 1.29 is 4.74 Å². The van der Waals surface area contributed by atoms with E-state index in [-0.39, 0.29) is 17.2 Å². The molecule has 16 heavy (non-hydrogen) atoms. The summed E-state index contributed by atoms with van der Waals surface area (Å²) in [6, 6.07) is 0. The van der Waals surface area contributed by atoms with Crippen molar-refractivity contribution in [3.05, 3.63) is 0 Å². The molecule has 1 unspecified atom stereocenters. The number of rotatable bonds is 1. The van der Waals surface area contributed by atoms with Gasteiger partial charge in [0, 0.05) is 5.54 Å². The van der Waals surface area contributed by atoms with Crippen LogP contribution in [-0.2, 0) is 4.74 Å². The molecule has 1 heterocycles. The number of hydrogen-bond acceptors (Lipinski definition) is 3. The molecule has 1 saturated heterocycles. The van der Waals surface area contributed by atoms with Crippen LogP contribution in [0.1, 0.15) is 54.9 Å². The molecule has 0 aromatic carbocycles. The fourth-order valence-corrected chi connectivity index (χ4v) is 1.94. The maximum Gasteiger partial charge on any atom is 0.179 e. The minimum atomic E-state index is -0.119. The molecule has 94 valence electrons. The van der Waals surface area contributed by atoms with Gasteiger partial charge in [-0.2, -0.15) is 5.26 Å². The van der Waals surface area contributed by atoms with Crippen molar-refractivity contribution in [2.75, 3.05) is 6.54 Å². The smallest absolute Gasteiger partial charge is 0.179 e. The summed E-state index contributed by atoms with van der Waals surface area (Å²) in [6.45, 7) is 15.0. The van der Waals surface area contributed by atoms with Crippen molar-refractivity contribution in [2.45, 2.75) is 72.1 Å². The summed E-state index contributed by atoms with van der Waals surface area (Å²) < 4.78 is 5.87. The number of hydrogen-bond donors (Lipinski definition) is 0. The zero-order valence-electron chi connectivity index (χ0n) is 11.8. The van der Waals surface area contributed by atoms with Crippen molar-refractivity contribution >= 4 is 0 Å². The molecule has 0 saturated carbocycles. The normalized spacial score (nSPS) is 23.4. The Bertz CT molecular complexity index is 248. The monoisotopic (exact) mass is 226 g/mol. The van der Waals surface area contributed by atoms with E-state index in [0.717, 1.165) is 13.0 Å². The van der Waals surface area contributed by atoms with Crippen LogP contribution in [0.15, 0.2) is 0 Å². The first kappa shape index (κ1) is 15.2. The Balaban J connectivity index is 0.00000106. The number of nitriles is 1. The molecule has 0 aromatic rings. The molecule has 0 amide bonds. The predicted octanol–water partition coefficient (Wildman–Crippen LogP) is 3.16. The van der Waals surface area contributed by atoms with E-state index in [2.05, 4.69) is 40.8 Å². The maximum atomic E-state index is 8.94. The van der Waals surface area contributed by atoms with Gasteiger partial charge in [0.25, 0.3) is 0 Å². The summed E-state index contributed by atoms with van der Waals surface area (Å²) in [5, 5.41) is 8.94. The molecular weight excluding hydrogens is 200 g/mol. The topological polar surface area (TPSA) is 36.3 Å². The fraction of sp³-hybridized carbons (Fsp3) is 0.923. The van der Waals surface area contributed by atoms with Crippen molar-refractivity contribution in [1.29, 1.82) is 5.26 Å². The average molecular weight is 226 g/mol. The summed E-state index contributed by atoms with van der Waals surface area (Å²) in [6.07, 6.45) is 3.34. The van der Waals surface area contributed by atoms with E-state index in [1.807, 2.05) is 18.7 Å². The molecule has 1 rings (SSSR count). The highest BCUT2D eigenvalue weighted by atomic mass is 16.5. The molecule has 3 nitrogen and oxygen atoms in total. The molecule has 1 fully saturated rings. The van der Waals surface area contributed by atoms with Crippen molar-refractivity contribution in [2.24, 2.45) is 0 Å². The second-order valence-electron chi connectivity index (χ2n) is 5.58. The quantitative estimate of drug-likeness (QED) is 0.644. The second-order valence-corrected chi connectivity index (χ2v) is 5.58. The van der Waals surface area contributed by atoms with Crippen LogP contribution in [0.5, 0.6) is 0 Å². The molecular formula is C13H26N2O. The first-order valence-corrected chi connectivity index (χ1v) is 6.10. The average Bonchev–Trinajstić information content (AvgIpc) is 2.40. The third-order valence-electron chi connectivity index (χ3n) is 2.49. The minimum Gasteiger partial charge on any atom is -0.371 e. The zero-order chi connectivity index (χ0) is 13.0. The molecule has 1 atom stereocenters. The van der Waals surface area contributed by atoms with Crippen LogP contribution >= 0.6 is 0 Å². The van der Waals surface area contributed by atoms with Crippen LogP contribution in [0.25, 0.3) is 0 Å². The van der Waals surface area contributed by atoms with Gasteiger partial charge in [0.05, 0.1) is 18.2 Å². The van der Waals surface area contributed by atoms with E-state index in [0.29, 0.717) is 0 Å². The lowest BCUT2D eigenvalue weighted by atomic mass is 10.0. The van der Waals surface area contributed by atoms with E-state index in [4.69, 9.17) is 10.00 Å². The highest BCUT2D eigenvalue weighted by molar-refractivity contribution is 5.00. The summed E-state index contributed by atoms with van der Waals surface area (Å²) in [5.41, 5.74) is -0.170. The Morgan fingerprint density at radius 1 is 1.31 bits per heavy atom. The van der Waals surface area contributed by atoms with E-state index in [1.54, 1.807) is 0 Å². The van der Waals surface area contributed by atoms with Crippen LogP contribution in [0.2, 0.25) is 0 Å². The molecule has 0 bridgehead atoms. The van der Waals surface area contributed by atoms with Gasteiger partial charge in [-0.3, -0.25) is 0 Å². The molecule has 0 N–H and O–H groups in total. The summed E-state index contributed by atoms with van der Waals surface area (Å²) in [7, 11) is 0. The van der Waals surface area contributed by atoms with Gasteiger partial charge >= 0.3 is 0 Å². The van der Waals surface area contributed by atoms with Crippen molar-refractivity contribution in [3.63, 3.8) is 0 Å². The second kappa shape index (κ2) is 5.54. The molecule has 3 heteroatoms. The summed E-state index contributed by atoms with van der Waals surface area (Å²) in [5.74, 6) is 0. The number of nitrogens with zero attached hydrogens (tertiary/aromatic N) is 2. The summed E-state index contributed by atoms with van der Waals surface area (Å²) in [4.78, 5) is 1.81. The largest absolute Gasteiger partial charge is 0.371 e. The number of likely N-dealkylation sites (tertiary alicyclic amines) is 1. The molecule has 0 aromatic heterocycles. The van der Waals surface area contributed by atoms with E-state index in [9.17, 15) is 0 Å². The summed E-state index contributed by atoms with van der Waals surface area (Å²) >= 11 is 0. The first-order chi connectivity index (χ1) is 7.24. The van der Waals surface area contributed by atoms with Crippen LogP contribution in [0, 0.1) is 11.5 Å². The van der Waals surface area contributed by atoms with Crippen molar-refractivity contribution in [3.8, 4) is 6.19 Å². The van der Waals surface area contributed by atoms with Gasteiger partial charge in [-0.25, -0.2) is 0 Å². The third-order valence-corrected chi connectivity index (χ3v) is 2.49. The Kier molecular flexibility index (Phi) is 5.28. The van der Waals surface area contributed by atoms with Gasteiger partial charge in [0.15, 0.2) is 6.19 Å². The van der Waals surface area contributed by atoms with E-state index >= 15 is 0 Å². The Hall–Kier alpha value is -0.750. The van der Waals surface area contributed by atoms with Gasteiger partial charge in [-0.05, 0) is 41.0 Å². The van der Waals surface area contributed by atoms with Gasteiger partial charge in [-0.1, -0.05) is 13.8 Å². The van der Waals surface area contributed by atoms with Crippen LogP contribution in [0.3, 0.4) is 0 Å². The lowest BCUT2D eigenvalue weighted by Crippen LogP contribution is -2.33. The van der Waals surface area contributed by atoms with Gasteiger partial charge in [-0.15, -0.1) is 0 Å². The Labute approximate surface area is 100 Å². The van der Waals surface area contributed by atoms with Gasteiger partial charge in [0.1, 0.15) is 0 Å². The third kappa shape index (κ3) is 4.40. The van der Waals surface area contributed by atoms with E-state index < -0.39 is 0 Å². The molecule has 0 spiro atoms. The minimum absolute atomic E-state index is 0.0509. The van der Waals surface area contributed by atoms with Gasteiger partial charge in [0.2, 0.25) is 0 Å². The Morgan fingerprint density at radius 2 is 1.81 bits per heavy atom. The standard InChI is InChI=1S/C11H20N2O.C2H6/c1-10(2,3)14-9-6-11(4,5)13(7-9)8-12;1-2/h9H,6-7H2,1-5H3;1-2H3. The predicted molar refractivity (Wildman–Crippen MR) is 67.0 cm³/mol. The highest BCUT2D eigenvalue weighted by Crippen LogP contribution is 2.31. The number of ether oxygens (including phenoxy) is 1. The van der Waals surface area contributed by atoms with Gasteiger partial charge < -0.3 is 9.64 Å². The van der Waals surface area contributed by atoms with Crippen LogP contribution in [-0.4, -0.2) is 28.7 Å². The lowest BCUT2D eigenvalue weighted by molar-refractivity contribution is -0.0534.